The van der Waals surface area contributed by atoms with Gasteiger partial charge < -0.3 is 10.6 Å². The zero-order valence-electron chi connectivity index (χ0n) is 13.4. The summed E-state index contributed by atoms with van der Waals surface area (Å²) in [6.07, 6.45) is 6.86. The van der Waals surface area contributed by atoms with Gasteiger partial charge in [-0.1, -0.05) is 13.8 Å². The molecule has 3 aliphatic rings. The molecule has 0 bridgehead atoms. The van der Waals surface area contributed by atoms with Crippen molar-refractivity contribution in [2.45, 2.75) is 58.0 Å². The Bertz CT molecular complexity index is 305. The summed E-state index contributed by atoms with van der Waals surface area (Å²) in [5.41, 5.74) is 6.41. The second kappa shape index (κ2) is 6.33. The van der Waals surface area contributed by atoms with Gasteiger partial charge in [-0.3, -0.25) is 4.90 Å². The summed E-state index contributed by atoms with van der Waals surface area (Å²) in [5, 5.41) is 0. The van der Waals surface area contributed by atoms with E-state index in [4.69, 9.17) is 5.73 Å². The van der Waals surface area contributed by atoms with Gasteiger partial charge in [-0.15, -0.1) is 0 Å². The molecule has 0 radical (unpaired) electrons. The van der Waals surface area contributed by atoms with Gasteiger partial charge in [-0.25, -0.2) is 0 Å². The summed E-state index contributed by atoms with van der Waals surface area (Å²) in [7, 11) is 0. The molecule has 20 heavy (non-hydrogen) atoms. The van der Waals surface area contributed by atoms with Crippen LogP contribution in [-0.2, 0) is 0 Å². The lowest BCUT2D eigenvalue weighted by molar-refractivity contribution is 0.0858. The third kappa shape index (κ3) is 3.55. The Kier molecular flexibility index (Phi) is 4.68. The minimum Gasteiger partial charge on any atom is -0.327 e. The molecule has 0 aromatic heterocycles. The minimum atomic E-state index is 0.450. The summed E-state index contributed by atoms with van der Waals surface area (Å²) in [6.45, 7) is 11.1. The summed E-state index contributed by atoms with van der Waals surface area (Å²) >= 11 is 0. The van der Waals surface area contributed by atoms with Gasteiger partial charge in [0.2, 0.25) is 0 Å². The monoisotopic (exact) mass is 279 g/mol. The highest BCUT2D eigenvalue weighted by molar-refractivity contribution is 4.90. The molecule has 2 N–H and O–H groups in total. The molecule has 1 aliphatic heterocycles. The first kappa shape index (κ1) is 14.8. The summed E-state index contributed by atoms with van der Waals surface area (Å²) in [4.78, 5) is 5.39. The first-order valence-corrected chi connectivity index (χ1v) is 8.85. The average molecular weight is 279 g/mol. The topological polar surface area (TPSA) is 32.5 Å². The zero-order valence-corrected chi connectivity index (χ0v) is 13.4. The van der Waals surface area contributed by atoms with E-state index in [9.17, 15) is 0 Å². The number of hydrogen-bond donors (Lipinski definition) is 1. The van der Waals surface area contributed by atoms with E-state index in [0.717, 1.165) is 23.8 Å². The maximum absolute atomic E-state index is 6.41. The van der Waals surface area contributed by atoms with Gasteiger partial charge >= 0.3 is 0 Å². The van der Waals surface area contributed by atoms with Crippen molar-refractivity contribution in [3.8, 4) is 0 Å². The number of hydrogen-bond acceptors (Lipinski definition) is 3. The molecule has 3 unspecified atom stereocenters. The molecule has 1 heterocycles. The second-order valence-electron chi connectivity index (χ2n) is 7.81. The van der Waals surface area contributed by atoms with Crippen molar-refractivity contribution in [1.29, 1.82) is 0 Å². The first-order valence-electron chi connectivity index (χ1n) is 8.85. The van der Waals surface area contributed by atoms with Crippen LogP contribution in [0.4, 0.5) is 0 Å². The van der Waals surface area contributed by atoms with Crippen molar-refractivity contribution < 1.29 is 0 Å². The second-order valence-corrected chi connectivity index (χ2v) is 7.81. The van der Waals surface area contributed by atoms with Crippen molar-refractivity contribution in [2.75, 3.05) is 32.7 Å². The number of nitrogens with two attached hydrogens (primary N) is 1. The average Bonchev–Trinajstić information content (AvgIpc) is 3.26. The van der Waals surface area contributed by atoms with Crippen LogP contribution in [0, 0.1) is 17.8 Å². The smallest absolute Gasteiger partial charge is 0.0113 e. The van der Waals surface area contributed by atoms with Gasteiger partial charge in [0.1, 0.15) is 0 Å². The largest absolute Gasteiger partial charge is 0.327 e. The Morgan fingerprint density at radius 1 is 1.00 bits per heavy atom. The summed E-state index contributed by atoms with van der Waals surface area (Å²) < 4.78 is 0. The number of piperazine rings is 1. The molecule has 3 fully saturated rings. The molecule has 0 amide bonds. The highest BCUT2D eigenvalue weighted by Crippen LogP contribution is 2.34. The summed E-state index contributed by atoms with van der Waals surface area (Å²) in [5.74, 6) is 2.48. The molecule has 3 nitrogen and oxygen atoms in total. The standard InChI is InChI=1S/C17H33N3/c1-13(2)14-3-6-17(18)15(11-14)12-19-7-9-20(10-8-19)16-4-5-16/h13-17H,3-12,18H2,1-2H3. The van der Waals surface area contributed by atoms with E-state index in [1.807, 2.05) is 0 Å². The van der Waals surface area contributed by atoms with E-state index in [1.165, 1.54) is 64.8 Å². The normalized spacial score (nSPS) is 37.5. The molecular formula is C17H33N3. The zero-order chi connectivity index (χ0) is 14.1. The molecule has 116 valence electrons. The van der Waals surface area contributed by atoms with Crippen molar-refractivity contribution in [3.63, 3.8) is 0 Å². The molecular weight excluding hydrogens is 246 g/mol. The van der Waals surface area contributed by atoms with Crippen LogP contribution in [0.1, 0.15) is 46.0 Å². The van der Waals surface area contributed by atoms with Crippen LogP contribution >= 0.6 is 0 Å². The maximum atomic E-state index is 6.41. The van der Waals surface area contributed by atoms with Crippen molar-refractivity contribution in [2.24, 2.45) is 23.5 Å². The molecule has 0 aromatic rings. The lowest BCUT2D eigenvalue weighted by atomic mass is 9.73. The SMILES string of the molecule is CC(C)C1CCC(N)C(CN2CCN(C3CC3)CC2)C1. The van der Waals surface area contributed by atoms with Gasteiger partial charge in [-0.05, 0) is 49.9 Å². The van der Waals surface area contributed by atoms with Crippen LogP contribution in [-0.4, -0.2) is 54.6 Å². The third-order valence-electron chi connectivity index (χ3n) is 5.99. The molecule has 2 saturated carbocycles. The van der Waals surface area contributed by atoms with E-state index in [-0.39, 0.29) is 0 Å². The van der Waals surface area contributed by atoms with Crippen LogP contribution in [0.3, 0.4) is 0 Å². The third-order valence-corrected chi connectivity index (χ3v) is 5.99. The fourth-order valence-electron chi connectivity index (χ4n) is 4.22. The van der Waals surface area contributed by atoms with E-state index in [1.54, 1.807) is 0 Å². The minimum absolute atomic E-state index is 0.450. The van der Waals surface area contributed by atoms with Crippen molar-refractivity contribution in [1.82, 2.24) is 9.80 Å². The molecule has 3 atom stereocenters. The molecule has 2 aliphatic carbocycles. The Hall–Kier alpha value is -0.120. The van der Waals surface area contributed by atoms with Crippen LogP contribution in [0.5, 0.6) is 0 Å². The van der Waals surface area contributed by atoms with E-state index >= 15 is 0 Å². The highest BCUT2D eigenvalue weighted by atomic mass is 15.3. The van der Waals surface area contributed by atoms with E-state index in [0.29, 0.717) is 6.04 Å². The predicted molar refractivity (Wildman–Crippen MR) is 84.7 cm³/mol. The van der Waals surface area contributed by atoms with Crippen LogP contribution in [0.2, 0.25) is 0 Å². The first-order chi connectivity index (χ1) is 9.63. The highest BCUT2D eigenvalue weighted by Gasteiger charge is 2.34. The molecule has 3 rings (SSSR count). The van der Waals surface area contributed by atoms with Gasteiger partial charge in [0.05, 0.1) is 0 Å². The lowest BCUT2D eigenvalue weighted by Gasteiger charge is -2.41. The summed E-state index contributed by atoms with van der Waals surface area (Å²) in [6, 6.07) is 1.39. The maximum Gasteiger partial charge on any atom is 0.0113 e. The molecule has 0 spiro atoms. The van der Waals surface area contributed by atoms with Crippen molar-refractivity contribution >= 4 is 0 Å². The quantitative estimate of drug-likeness (QED) is 0.856. The Morgan fingerprint density at radius 2 is 1.70 bits per heavy atom. The Morgan fingerprint density at radius 3 is 2.30 bits per heavy atom. The lowest BCUT2D eigenvalue weighted by Crippen LogP contribution is -2.51. The van der Waals surface area contributed by atoms with Crippen LogP contribution < -0.4 is 5.73 Å². The number of nitrogens with zero attached hydrogens (tertiary/aromatic N) is 2. The van der Waals surface area contributed by atoms with Gasteiger partial charge in [0.15, 0.2) is 0 Å². The number of rotatable bonds is 4. The van der Waals surface area contributed by atoms with Gasteiger partial charge in [-0.2, -0.15) is 0 Å². The van der Waals surface area contributed by atoms with E-state index < -0.39 is 0 Å². The predicted octanol–water partition coefficient (Wildman–Crippen LogP) is 2.17. The Balaban J connectivity index is 1.46. The van der Waals surface area contributed by atoms with Gasteiger partial charge in [0.25, 0.3) is 0 Å². The fourth-order valence-corrected chi connectivity index (χ4v) is 4.22. The van der Waals surface area contributed by atoms with Gasteiger partial charge in [0, 0.05) is 44.8 Å². The molecule has 3 heteroatoms. The van der Waals surface area contributed by atoms with E-state index in [2.05, 4.69) is 23.6 Å². The Labute approximate surface area is 124 Å². The fraction of sp³-hybridized carbons (Fsp3) is 1.00. The van der Waals surface area contributed by atoms with Crippen molar-refractivity contribution in [3.05, 3.63) is 0 Å². The van der Waals surface area contributed by atoms with Crippen LogP contribution in [0.25, 0.3) is 0 Å². The van der Waals surface area contributed by atoms with Crippen LogP contribution in [0.15, 0.2) is 0 Å². The molecule has 1 saturated heterocycles. The molecule has 0 aromatic carbocycles.